The fraction of sp³-hybridized carbons (Fsp3) is 0.571. The van der Waals surface area contributed by atoms with Gasteiger partial charge in [0.1, 0.15) is 42.3 Å². The second-order valence-corrected chi connectivity index (χ2v) is 16.1. The van der Waals surface area contributed by atoms with E-state index in [9.17, 15) is 58.4 Å². The quantitative estimate of drug-likeness (QED) is 0.0772. The number of nitrogens with two attached hydrogens (primary N) is 2. The van der Waals surface area contributed by atoms with Gasteiger partial charge in [0.15, 0.2) is 29.4 Å². The maximum atomic E-state index is 12.5. The Balaban J connectivity index is 1.03. The summed E-state index contributed by atoms with van der Waals surface area (Å²) in [5.41, 5.74) is 9.55. The Morgan fingerprint density at radius 3 is 1.94 bits per heavy atom. The number of nitrogens with zero attached hydrogens (tertiary/aromatic N) is 6. The number of phosphoric acid groups is 3. The third-order valence-electron chi connectivity index (χ3n) is 7.84. The van der Waals surface area contributed by atoms with E-state index in [4.69, 9.17) is 20.9 Å². The van der Waals surface area contributed by atoms with Gasteiger partial charge in [-0.25, -0.2) is 18.7 Å². The zero-order valence-corrected chi connectivity index (χ0v) is 28.8. The van der Waals surface area contributed by atoms with Crippen molar-refractivity contribution in [3.05, 3.63) is 27.0 Å². The maximum Gasteiger partial charge on any atom is 0.490 e. The number of aliphatic hydroxyl groups is 4. The number of nitrogens with one attached hydrogen (secondary N) is 2. The highest BCUT2D eigenvalue weighted by molar-refractivity contribution is 7.66. The van der Waals surface area contributed by atoms with E-state index in [1.807, 2.05) is 0 Å². The summed E-state index contributed by atoms with van der Waals surface area (Å²) < 4.78 is 66.7. The molecule has 11 atom stereocenters. The van der Waals surface area contributed by atoms with Crippen LogP contribution in [0.25, 0.3) is 11.2 Å². The van der Waals surface area contributed by atoms with E-state index in [1.165, 1.54) is 16.8 Å². The smallest absolute Gasteiger partial charge is 0.387 e. The van der Waals surface area contributed by atoms with Crippen LogP contribution in [0.15, 0.2) is 15.9 Å². The van der Waals surface area contributed by atoms with Gasteiger partial charge in [-0.3, -0.25) is 33.2 Å². The van der Waals surface area contributed by atoms with E-state index in [-0.39, 0.29) is 41.2 Å². The highest BCUT2D eigenvalue weighted by Gasteiger charge is 2.51. The molecular formula is C21H31N10O18P3. The minimum Gasteiger partial charge on any atom is -0.387 e. The number of anilines is 4. The maximum absolute atomic E-state index is 12.5. The Morgan fingerprint density at radius 1 is 0.827 bits per heavy atom. The van der Waals surface area contributed by atoms with Crippen LogP contribution in [0.4, 0.5) is 23.4 Å². The molecule has 288 valence electrons. The molecule has 52 heavy (non-hydrogen) atoms. The molecule has 0 bridgehead atoms. The van der Waals surface area contributed by atoms with Crippen LogP contribution in [0.3, 0.4) is 0 Å². The highest BCUT2D eigenvalue weighted by atomic mass is 31.3. The zero-order valence-electron chi connectivity index (χ0n) is 26.1. The van der Waals surface area contributed by atoms with Crippen LogP contribution in [-0.4, -0.2) is 134 Å². The summed E-state index contributed by atoms with van der Waals surface area (Å²) in [5, 5.41) is 42.1. The van der Waals surface area contributed by atoms with Crippen molar-refractivity contribution < 1.29 is 75.9 Å². The van der Waals surface area contributed by atoms with Crippen molar-refractivity contribution in [3.63, 3.8) is 0 Å². The van der Waals surface area contributed by atoms with Gasteiger partial charge >= 0.3 is 23.5 Å². The predicted octanol–water partition coefficient (Wildman–Crippen LogP) is -4.29. The topological polar surface area (TPSA) is 416 Å². The first-order valence-electron chi connectivity index (χ1n) is 14.5. The molecule has 13 N–H and O–H groups in total. The number of hydrogen-bond donors (Lipinski definition) is 11. The first-order valence-corrected chi connectivity index (χ1v) is 19.0. The van der Waals surface area contributed by atoms with Crippen molar-refractivity contribution in [3.8, 4) is 0 Å². The average Bonchev–Trinajstić information content (AvgIpc) is 3.74. The highest BCUT2D eigenvalue weighted by Crippen LogP contribution is 2.67. The molecule has 3 aliphatic rings. The molecule has 0 amide bonds. The second kappa shape index (κ2) is 13.8. The van der Waals surface area contributed by atoms with Gasteiger partial charge < -0.3 is 65.8 Å². The van der Waals surface area contributed by atoms with Crippen molar-refractivity contribution in [2.75, 3.05) is 48.2 Å². The molecule has 31 heteroatoms. The summed E-state index contributed by atoms with van der Waals surface area (Å²) >= 11 is 0. The van der Waals surface area contributed by atoms with Gasteiger partial charge in [-0.15, -0.1) is 0 Å². The zero-order chi connectivity index (χ0) is 38.1. The molecule has 2 fully saturated rings. The number of nitrogen functional groups attached to an aromatic ring is 2. The lowest BCUT2D eigenvalue weighted by atomic mass is 10.1. The first kappa shape index (κ1) is 38.3. The summed E-state index contributed by atoms with van der Waals surface area (Å²) in [6.07, 6.45) is -12.2. The van der Waals surface area contributed by atoms with Gasteiger partial charge in [0, 0.05) is 7.05 Å². The van der Waals surface area contributed by atoms with Crippen molar-refractivity contribution in [2.24, 2.45) is 0 Å². The van der Waals surface area contributed by atoms with Crippen LogP contribution < -0.4 is 32.4 Å². The van der Waals surface area contributed by atoms with E-state index in [0.29, 0.717) is 0 Å². The molecule has 3 aromatic heterocycles. The lowest BCUT2D eigenvalue weighted by molar-refractivity contribution is -0.0503. The number of H-pyrrole nitrogens is 2. The largest absolute Gasteiger partial charge is 0.490 e. The van der Waals surface area contributed by atoms with Gasteiger partial charge in [-0.2, -0.15) is 18.6 Å². The Kier molecular flexibility index (Phi) is 10.2. The molecule has 0 aliphatic carbocycles. The van der Waals surface area contributed by atoms with Crippen LogP contribution >= 0.6 is 23.5 Å². The minimum atomic E-state index is -6.00. The molecule has 0 aromatic carbocycles. The fourth-order valence-electron chi connectivity index (χ4n) is 5.59. The lowest BCUT2D eigenvalue weighted by Gasteiger charge is -2.27. The number of fused-ring (bicyclic) bond motifs is 2. The third-order valence-corrected chi connectivity index (χ3v) is 12.1. The summed E-state index contributed by atoms with van der Waals surface area (Å²) in [6.45, 7) is -2.23. The lowest BCUT2D eigenvalue weighted by Crippen LogP contribution is -2.45. The molecule has 3 aromatic rings. The number of aromatic amines is 2. The summed E-state index contributed by atoms with van der Waals surface area (Å²) in [7, 11) is -15.8. The van der Waals surface area contributed by atoms with Crippen LogP contribution in [-0.2, 0) is 40.8 Å². The minimum absolute atomic E-state index is 0.00993. The van der Waals surface area contributed by atoms with Gasteiger partial charge in [-0.05, 0) is 0 Å². The van der Waals surface area contributed by atoms with Crippen molar-refractivity contribution in [1.82, 2.24) is 29.5 Å². The fourth-order valence-corrected chi connectivity index (χ4v) is 9.11. The van der Waals surface area contributed by atoms with Gasteiger partial charge in [0.25, 0.3) is 11.1 Å². The molecule has 0 radical (unpaired) electrons. The summed E-state index contributed by atoms with van der Waals surface area (Å²) in [5.74, 6) is -0.579. The number of imidazole rings is 1. The summed E-state index contributed by atoms with van der Waals surface area (Å²) in [4.78, 5) is 73.4. The molecule has 6 rings (SSSR count). The van der Waals surface area contributed by atoms with E-state index in [2.05, 4.69) is 42.6 Å². The number of hydrogen-bond acceptors (Lipinski definition) is 22. The number of rotatable bonds is 12. The standard InChI is InChI=1S/C21H31N10O18P3/c1-29-5-31(15-9(29)17(37)28-21(23)26-15)19-13(35)11(33)7(47-19)3-45-51(40,41)49-52(42,43)48-50(38,39)44-2-6-10(32)12(34)18(46-6)30-4-24-8-14(30)25-20(22)27-16(8)36/h4,6-7,10-13,18-19,32-35H,2-3,5H2,1H3,(H,38,39)(H,40,41)(H,42,43)(H3,22,25,27,36)(H3,23,26,28,37)/t6-,7-,10?,11+,12?,13?,18-,19-/m1/s1. The van der Waals surface area contributed by atoms with Gasteiger partial charge in [0.05, 0.1) is 26.2 Å². The number of aliphatic hydroxyl groups excluding tert-OH is 4. The normalized spacial score (nSPS) is 31.1. The third kappa shape index (κ3) is 7.51. The molecular weight excluding hydrogens is 773 g/mol. The number of phosphoric ester groups is 2. The Bertz CT molecular complexity index is 2120. The Hall–Kier alpha value is -3.40. The van der Waals surface area contributed by atoms with Crippen LogP contribution in [0, 0.1) is 0 Å². The van der Waals surface area contributed by atoms with Crippen LogP contribution in [0.2, 0.25) is 0 Å². The molecule has 0 saturated carbocycles. The van der Waals surface area contributed by atoms with Crippen molar-refractivity contribution in [1.29, 1.82) is 0 Å². The van der Waals surface area contributed by atoms with E-state index >= 15 is 0 Å². The Labute approximate surface area is 287 Å². The van der Waals surface area contributed by atoms with Crippen molar-refractivity contribution >= 4 is 58.0 Å². The molecule has 3 aliphatic heterocycles. The number of ether oxygens (including phenoxy) is 2. The molecule has 2 saturated heterocycles. The first-order chi connectivity index (χ1) is 24.2. The van der Waals surface area contributed by atoms with E-state index < -0.39 is 96.9 Å². The van der Waals surface area contributed by atoms with Crippen LogP contribution in [0.1, 0.15) is 6.23 Å². The van der Waals surface area contributed by atoms with E-state index in [1.54, 1.807) is 0 Å². The van der Waals surface area contributed by atoms with E-state index in [0.717, 1.165) is 10.9 Å². The average molecular weight is 804 g/mol. The Morgan fingerprint density at radius 2 is 1.35 bits per heavy atom. The molecule has 6 heterocycles. The van der Waals surface area contributed by atoms with Crippen LogP contribution in [0.5, 0.6) is 0 Å². The SMILES string of the molecule is CN1CN([C@@H]2O[C@H](COP(=O)(O)OP(=O)(O)OP(=O)(O)OC[C@H]3O[C@@H](n4cnc5c(=O)[nH]c(N)nc54)C(O)C3O)[C@H](O)C2O)c2nc(N)[nH]c(=O)c21. The van der Waals surface area contributed by atoms with Gasteiger partial charge in [0.2, 0.25) is 11.9 Å². The van der Waals surface area contributed by atoms with Gasteiger partial charge in [-0.1, -0.05) is 0 Å². The predicted molar refractivity (Wildman–Crippen MR) is 168 cm³/mol. The monoisotopic (exact) mass is 804 g/mol. The second-order valence-electron chi connectivity index (χ2n) is 11.5. The molecule has 28 nitrogen and oxygen atoms in total. The molecule has 6 unspecified atom stereocenters. The molecule has 0 spiro atoms. The van der Waals surface area contributed by atoms with Crippen molar-refractivity contribution in [2.45, 2.75) is 49.1 Å². The summed E-state index contributed by atoms with van der Waals surface area (Å²) in [6, 6.07) is 0. The number of aromatic nitrogens is 6.